The van der Waals surface area contributed by atoms with Gasteiger partial charge in [-0.05, 0) is 49.8 Å². The highest BCUT2D eigenvalue weighted by molar-refractivity contribution is 7.99. The first-order valence-corrected chi connectivity index (χ1v) is 12.4. The molecule has 1 atom stereocenters. The van der Waals surface area contributed by atoms with Crippen molar-refractivity contribution in [2.24, 2.45) is 5.41 Å². The molecule has 172 valence electrons. The summed E-state index contributed by atoms with van der Waals surface area (Å²) >= 11 is 1.63. The molecule has 1 N–H and O–H groups in total. The lowest BCUT2D eigenvalue weighted by atomic mass is 9.73. The second-order valence-corrected chi connectivity index (χ2v) is 10.0. The molecule has 2 heterocycles. The largest absolute Gasteiger partial charge is 0.490 e. The summed E-state index contributed by atoms with van der Waals surface area (Å²) in [5.41, 5.74) is 2.58. The van der Waals surface area contributed by atoms with Crippen LogP contribution >= 0.6 is 11.8 Å². The minimum Gasteiger partial charge on any atom is -0.490 e. The van der Waals surface area contributed by atoms with Gasteiger partial charge in [0, 0.05) is 23.4 Å². The van der Waals surface area contributed by atoms with E-state index < -0.39 is 0 Å². The van der Waals surface area contributed by atoms with Crippen LogP contribution in [0.5, 0.6) is 11.5 Å². The topological polar surface area (TPSA) is 78.3 Å². The van der Waals surface area contributed by atoms with Crippen molar-refractivity contribution >= 4 is 23.5 Å². The molecule has 32 heavy (non-hydrogen) atoms. The molecule has 1 aliphatic carbocycles. The third kappa shape index (κ3) is 4.37. The van der Waals surface area contributed by atoms with Gasteiger partial charge < -0.3 is 14.8 Å². The molecule has 1 aromatic carbocycles. The molecule has 4 rings (SSSR count). The van der Waals surface area contributed by atoms with Gasteiger partial charge in [-0.25, -0.2) is 4.68 Å². The summed E-state index contributed by atoms with van der Waals surface area (Å²) in [5, 5.41) is 8.95. The summed E-state index contributed by atoms with van der Waals surface area (Å²) in [6.07, 6.45) is 2.36. The van der Waals surface area contributed by atoms with E-state index in [0.29, 0.717) is 37.1 Å². The number of hydrogen-bond acceptors (Lipinski definition) is 7. The van der Waals surface area contributed by atoms with Crippen LogP contribution in [0.1, 0.15) is 65.5 Å². The highest BCUT2D eigenvalue weighted by Gasteiger charge is 2.42. The van der Waals surface area contributed by atoms with Crippen molar-refractivity contribution in [3.8, 4) is 11.5 Å². The van der Waals surface area contributed by atoms with Gasteiger partial charge in [-0.1, -0.05) is 38.6 Å². The molecule has 0 saturated carbocycles. The first-order valence-electron chi connectivity index (χ1n) is 11.4. The number of carbonyl (C=O) groups is 1. The second kappa shape index (κ2) is 9.17. The van der Waals surface area contributed by atoms with Crippen molar-refractivity contribution in [1.29, 1.82) is 0 Å². The van der Waals surface area contributed by atoms with Crippen LogP contribution in [-0.2, 0) is 4.79 Å². The van der Waals surface area contributed by atoms with E-state index in [-0.39, 0.29) is 17.2 Å². The maximum Gasteiger partial charge on any atom is 0.227 e. The smallest absolute Gasteiger partial charge is 0.227 e. The Bertz CT molecular complexity index is 1040. The lowest BCUT2D eigenvalue weighted by Gasteiger charge is -2.38. The summed E-state index contributed by atoms with van der Waals surface area (Å²) in [6.45, 7) is 11.4. The molecule has 0 saturated heterocycles. The number of allylic oxidation sites excluding steroid dienone is 2. The van der Waals surface area contributed by atoms with E-state index in [4.69, 9.17) is 19.6 Å². The van der Waals surface area contributed by atoms with Crippen LogP contribution in [0.15, 0.2) is 34.6 Å². The van der Waals surface area contributed by atoms with Gasteiger partial charge in [-0.3, -0.25) is 4.79 Å². The van der Waals surface area contributed by atoms with E-state index in [9.17, 15) is 4.79 Å². The van der Waals surface area contributed by atoms with E-state index >= 15 is 0 Å². The zero-order valence-electron chi connectivity index (χ0n) is 19.5. The van der Waals surface area contributed by atoms with Crippen molar-refractivity contribution in [2.45, 2.75) is 65.1 Å². The van der Waals surface area contributed by atoms with E-state index in [0.717, 1.165) is 40.6 Å². The zero-order chi connectivity index (χ0) is 22.9. The molecular weight excluding hydrogens is 424 g/mol. The number of nitrogens with one attached hydrogen (secondary N) is 1. The van der Waals surface area contributed by atoms with Gasteiger partial charge in [-0.2, -0.15) is 4.98 Å². The van der Waals surface area contributed by atoms with Gasteiger partial charge in [0.2, 0.25) is 11.1 Å². The summed E-state index contributed by atoms with van der Waals surface area (Å²) < 4.78 is 13.5. The van der Waals surface area contributed by atoms with Crippen molar-refractivity contribution in [3.05, 3.63) is 35.0 Å². The number of aromatic nitrogens is 3. The third-order valence-corrected chi connectivity index (χ3v) is 6.67. The Hall–Kier alpha value is -2.48. The molecule has 0 radical (unpaired) electrons. The summed E-state index contributed by atoms with van der Waals surface area (Å²) in [5.74, 6) is 3.17. The molecule has 8 heteroatoms. The van der Waals surface area contributed by atoms with Crippen LogP contribution in [0.2, 0.25) is 0 Å². The van der Waals surface area contributed by atoms with Gasteiger partial charge in [0.1, 0.15) is 6.04 Å². The highest BCUT2D eigenvalue weighted by Crippen LogP contribution is 2.46. The Labute approximate surface area is 194 Å². The number of carbonyl (C=O) groups excluding carboxylic acids is 1. The SMILES string of the molecule is CCCSc1nc2n(n1)C(c1ccc(OCC)c(OCC)c1)C1=C(CC(C)(C)CC1=O)N2. The van der Waals surface area contributed by atoms with Gasteiger partial charge >= 0.3 is 0 Å². The average molecular weight is 457 g/mol. The normalized spacial score (nSPS) is 19.3. The number of ketones is 1. The molecule has 7 nitrogen and oxygen atoms in total. The Morgan fingerprint density at radius 1 is 1.16 bits per heavy atom. The maximum atomic E-state index is 13.4. The Morgan fingerprint density at radius 3 is 2.62 bits per heavy atom. The van der Waals surface area contributed by atoms with Crippen molar-refractivity contribution in [2.75, 3.05) is 24.3 Å². The predicted molar refractivity (Wildman–Crippen MR) is 127 cm³/mol. The molecule has 0 amide bonds. The maximum absolute atomic E-state index is 13.4. The van der Waals surface area contributed by atoms with Crippen molar-refractivity contribution in [1.82, 2.24) is 14.8 Å². The van der Waals surface area contributed by atoms with Crippen LogP contribution in [0.25, 0.3) is 0 Å². The molecule has 2 aliphatic rings. The van der Waals surface area contributed by atoms with Gasteiger partial charge in [0.15, 0.2) is 17.3 Å². The van der Waals surface area contributed by atoms with Gasteiger partial charge in [0.05, 0.1) is 13.2 Å². The summed E-state index contributed by atoms with van der Waals surface area (Å²) in [7, 11) is 0. The standard InChI is InChI=1S/C24H32N4O3S/c1-6-11-32-23-26-22-25-16-13-24(4,5)14-17(29)20(16)21(28(22)27-23)15-9-10-18(30-7-2)19(12-15)31-8-3/h9-10,12,21H,6-8,11,13-14H2,1-5H3,(H,25,26,27). The first-order chi connectivity index (χ1) is 15.4. The number of rotatable bonds is 8. The fourth-order valence-electron chi connectivity index (χ4n) is 4.39. The molecular formula is C24H32N4O3S. The van der Waals surface area contributed by atoms with E-state index in [1.165, 1.54) is 0 Å². The number of nitrogens with zero attached hydrogens (tertiary/aromatic N) is 3. The molecule has 1 unspecified atom stereocenters. The molecule has 0 bridgehead atoms. The van der Waals surface area contributed by atoms with E-state index in [1.54, 1.807) is 11.8 Å². The monoisotopic (exact) mass is 456 g/mol. The number of thioether (sulfide) groups is 1. The van der Waals surface area contributed by atoms with Crippen LogP contribution in [-0.4, -0.2) is 39.5 Å². The van der Waals surface area contributed by atoms with Crippen LogP contribution in [0, 0.1) is 5.41 Å². The number of hydrogen-bond donors (Lipinski definition) is 1. The Morgan fingerprint density at radius 2 is 1.91 bits per heavy atom. The Kier molecular flexibility index (Phi) is 6.51. The summed E-state index contributed by atoms with van der Waals surface area (Å²) in [4.78, 5) is 18.1. The fraction of sp³-hybridized carbons (Fsp3) is 0.542. The van der Waals surface area contributed by atoms with Crippen LogP contribution in [0.3, 0.4) is 0 Å². The average Bonchev–Trinajstić information content (AvgIpc) is 3.14. The van der Waals surface area contributed by atoms with E-state index in [2.05, 4.69) is 26.1 Å². The lowest BCUT2D eigenvalue weighted by molar-refractivity contribution is -0.118. The first kappa shape index (κ1) is 22.7. The molecule has 1 aromatic heterocycles. The summed E-state index contributed by atoms with van der Waals surface area (Å²) in [6, 6.07) is 5.56. The van der Waals surface area contributed by atoms with Crippen molar-refractivity contribution < 1.29 is 14.3 Å². The highest BCUT2D eigenvalue weighted by atomic mass is 32.2. The number of Topliss-reactive ketones (excluding diaryl/α,β-unsaturated/α-hetero) is 1. The lowest BCUT2D eigenvalue weighted by Crippen LogP contribution is -2.36. The fourth-order valence-corrected chi connectivity index (χ4v) is 5.07. The van der Waals surface area contributed by atoms with Crippen LogP contribution < -0.4 is 14.8 Å². The zero-order valence-corrected chi connectivity index (χ0v) is 20.3. The third-order valence-electron chi connectivity index (χ3n) is 5.63. The predicted octanol–water partition coefficient (Wildman–Crippen LogP) is 5.24. The minimum absolute atomic E-state index is 0.0925. The quantitative estimate of drug-likeness (QED) is 0.545. The number of benzene rings is 1. The van der Waals surface area contributed by atoms with E-state index in [1.807, 2.05) is 36.7 Å². The molecule has 0 spiro atoms. The Balaban J connectivity index is 1.84. The van der Waals surface area contributed by atoms with Crippen LogP contribution in [0.4, 0.5) is 5.95 Å². The molecule has 1 aliphatic heterocycles. The number of ether oxygens (including phenoxy) is 2. The van der Waals surface area contributed by atoms with Gasteiger partial charge in [0.25, 0.3) is 0 Å². The molecule has 0 fully saturated rings. The molecule has 2 aromatic rings. The van der Waals surface area contributed by atoms with Gasteiger partial charge in [-0.15, -0.1) is 5.10 Å². The van der Waals surface area contributed by atoms with Crippen molar-refractivity contribution in [3.63, 3.8) is 0 Å². The number of anilines is 1. The number of fused-ring (bicyclic) bond motifs is 1. The minimum atomic E-state index is -0.344. The second-order valence-electron chi connectivity index (χ2n) is 8.94.